The predicted octanol–water partition coefficient (Wildman–Crippen LogP) is 3.58. The molecule has 0 bridgehead atoms. The quantitative estimate of drug-likeness (QED) is 0.413. The highest BCUT2D eigenvalue weighted by molar-refractivity contribution is 7.45. The number of hydrogen-bond acceptors (Lipinski definition) is 1. The zero-order valence-corrected chi connectivity index (χ0v) is 9.55. The third-order valence-electron chi connectivity index (χ3n) is 1.51. The molecule has 0 amide bonds. The van der Waals surface area contributed by atoms with E-state index in [1.54, 1.807) is 0 Å². The molecule has 0 fully saturated rings. The fourth-order valence-corrected chi connectivity index (χ4v) is 0.892. The Morgan fingerprint density at radius 3 is 2.07 bits per heavy atom. The molecule has 0 aliphatic carbocycles. The molecule has 0 aromatic rings. The number of hydrogen-bond donors (Lipinski definition) is 2. The van der Waals surface area contributed by atoms with Crippen molar-refractivity contribution < 1.29 is 18.5 Å². The average Bonchev–Trinajstić information content (AvgIpc) is 2.01. The van der Waals surface area contributed by atoms with E-state index in [4.69, 9.17) is 14.4 Å². The van der Waals surface area contributed by atoms with Gasteiger partial charge in [-0.2, -0.15) is 0 Å². The van der Waals surface area contributed by atoms with E-state index in [9.17, 15) is 4.20 Å². The fourth-order valence-electron chi connectivity index (χ4n) is 0.892. The number of rotatable bonds is 6. The van der Waals surface area contributed by atoms with Gasteiger partial charge in [0, 0.05) is 0 Å². The van der Waals surface area contributed by atoms with Crippen molar-refractivity contribution in [3.05, 3.63) is 12.7 Å². The smallest absolute Gasteiger partial charge is 0.299 e. The van der Waals surface area contributed by atoms with E-state index in [1.165, 1.54) is 38.5 Å². The van der Waals surface area contributed by atoms with Crippen LogP contribution >= 0.6 is 7.91 Å². The molecule has 0 radical (unpaired) electrons. The number of allylic oxidation sites excluding steroid dienone is 1. The van der Waals surface area contributed by atoms with Gasteiger partial charge in [-0.05, 0) is 12.8 Å². The van der Waals surface area contributed by atoms with Crippen molar-refractivity contribution in [2.75, 3.05) is 0 Å². The van der Waals surface area contributed by atoms with E-state index in [0.717, 1.165) is 0 Å². The molecule has 2 N–H and O–H groups in total. The van der Waals surface area contributed by atoms with Crippen LogP contribution in [0.1, 0.15) is 45.4 Å². The standard InChI is InChI=1S/C9H18.FH2O3P/c1-3-5-7-9-8-6-4-2;1-5(2,3)4/h3H,1,4-9H2,2H3;(H2,2,3,4). The second-order valence-electron chi connectivity index (χ2n) is 2.96. The molecule has 14 heavy (non-hydrogen) atoms. The lowest BCUT2D eigenvalue weighted by atomic mass is 10.1. The van der Waals surface area contributed by atoms with Crippen LogP contribution in [0.3, 0.4) is 0 Å². The molecular weight excluding hydrogens is 206 g/mol. The maximum atomic E-state index is 10.4. The fraction of sp³-hybridized carbons (Fsp3) is 0.778. The van der Waals surface area contributed by atoms with E-state index in [-0.39, 0.29) is 0 Å². The Balaban J connectivity index is 0. The first-order chi connectivity index (χ1) is 6.41. The van der Waals surface area contributed by atoms with Crippen LogP contribution in [0.25, 0.3) is 0 Å². The Hall–Kier alpha value is -0.180. The van der Waals surface area contributed by atoms with Gasteiger partial charge in [0.25, 0.3) is 0 Å². The molecule has 0 aromatic heterocycles. The van der Waals surface area contributed by atoms with E-state index in [2.05, 4.69) is 13.5 Å². The Bertz CT molecular complexity index is 159. The zero-order chi connectivity index (χ0) is 11.4. The van der Waals surface area contributed by atoms with E-state index >= 15 is 0 Å². The molecule has 86 valence electrons. The predicted molar refractivity (Wildman–Crippen MR) is 56.7 cm³/mol. The lowest BCUT2D eigenvalue weighted by molar-refractivity contribution is 0.322. The minimum atomic E-state index is -5.14. The molecular formula is C9H20FO3P. The topological polar surface area (TPSA) is 57.5 Å². The van der Waals surface area contributed by atoms with Gasteiger partial charge in [0.1, 0.15) is 0 Å². The molecule has 0 saturated heterocycles. The number of halogens is 1. The molecule has 3 nitrogen and oxygen atoms in total. The lowest BCUT2D eigenvalue weighted by Crippen LogP contribution is -1.74. The van der Waals surface area contributed by atoms with Crippen LogP contribution in [0, 0.1) is 0 Å². The molecule has 0 aliphatic rings. The SMILES string of the molecule is C=CCCCCCCC.O=P(O)(O)F. The monoisotopic (exact) mass is 226 g/mol. The summed E-state index contributed by atoms with van der Waals surface area (Å²) in [5, 5.41) is 0. The van der Waals surface area contributed by atoms with Crippen LogP contribution in [-0.4, -0.2) is 9.79 Å². The molecule has 0 aromatic carbocycles. The second-order valence-corrected chi connectivity index (χ2v) is 3.91. The third kappa shape index (κ3) is 40.9. The van der Waals surface area contributed by atoms with Crippen molar-refractivity contribution in [3.8, 4) is 0 Å². The van der Waals surface area contributed by atoms with Gasteiger partial charge in [-0.25, -0.2) is 4.57 Å². The van der Waals surface area contributed by atoms with Crippen molar-refractivity contribution in [2.45, 2.75) is 45.4 Å². The van der Waals surface area contributed by atoms with Gasteiger partial charge in [0.2, 0.25) is 0 Å². The Morgan fingerprint density at radius 1 is 1.29 bits per heavy atom. The highest BCUT2D eigenvalue weighted by Crippen LogP contribution is 2.34. The summed E-state index contributed by atoms with van der Waals surface area (Å²) < 4.78 is 19.0. The summed E-state index contributed by atoms with van der Waals surface area (Å²) in [5.41, 5.74) is 0. The van der Waals surface area contributed by atoms with Crippen LogP contribution in [-0.2, 0) is 4.57 Å². The van der Waals surface area contributed by atoms with Crippen LogP contribution in [0.15, 0.2) is 12.7 Å². The highest BCUT2D eigenvalue weighted by Gasteiger charge is 2.04. The summed E-state index contributed by atoms with van der Waals surface area (Å²) >= 11 is 0. The van der Waals surface area contributed by atoms with E-state index < -0.39 is 7.91 Å². The minimum Gasteiger partial charge on any atom is -0.299 e. The van der Waals surface area contributed by atoms with Gasteiger partial charge < -0.3 is 0 Å². The zero-order valence-electron chi connectivity index (χ0n) is 8.65. The summed E-state index contributed by atoms with van der Waals surface area (Å²) in [6.45, 7) is 5.92. The first-order valence-electron chi connectivity index (χ1n) is 4.78. The van der Waals surface area contributed by atoms with Gasteiger partial charge in [0.05, 0.1) is 0 Å². The van der Waals surface area contributed by atoms with E-state index in [0.29, 0.717) is 0 Å². The molecule has 0 spiro atoms. The second kappa shape index (κ2) is 10.9. The highest BCUT2D eigenvalue weighted by atomic mass is 31.2. The van der Waals surface area contributed by atoms with Crippen molar-refractivity contribution in [3.63, 3.8) is 0 Å². The Morgan fingerprint density at radius 2 is 1.71 bits per heavy atom. The summed E-state index contributed by atoms with van der Waals surface area (Å²) in [4.78, 5) is 13.9. The van der Waals surface area contributed by atoms with Crippen molar-refractivity contribution in [1.29, 1.82) is 0 Å². The average molecular weight is 226 g/mol. The van der Waals surface area contributed by atoms with Gasteiger partial charge in [-0.1, -0.05) is 38.7 Å². The van der Waals surface area contributed by atoms with E-state index in [1.807, 2.05) is 6.08 Å². The van der Waals surface area contributed by atoms with Crippen molar-refractivity contribution >= 4 is 7.91 Å². The van der Waals surface area contributed by atoms with Crippen LogP contribution < -0.4 is 0 Å². The molecule has 0 unspecified atom stereocenters. The summed E-state index contributed by atoms with van der Waals surface area (Å²) in [6.07, 6.45) is 10.1. The maximum absolute atomic E-state index is 10.4. The largest absolute Gasteiger partial charge is 0.507 e. The third-order valence-corrected chi connectivity index (χ3v) is 1.51. The summed E-state index contributed by atoms with van der Waals surface area (Å²) in [6, 6.07) is 0. The van der Waals surface area contributed by atoms with Gasteiger partial charge in [-0.3, -0.25) is 9.79 Å². The molecule has 0 rings (SSSR count). The lowest BCUT2D eigenvalue weighted by Gasteiger charge is -1.94. The van der Waals surface area contributed by atoms with Gasteiger partial charge in [0.15, 0.2) is 0 Å². The van der Waals surface area contributed by atoms with Gasteiger partial charge >= 0.3 is 7.91 Å². The first-order valence-corrected chi connectivity index (χ1v) is 6.28. The van der Waals surface area contributed by atoms with Crippen LogP contribution in [0.2, 0.25) is 0 Å². The maximum Gasteiger partial charge on any atom is 0.507 e. The van der Waals surface area contributed by atoms with Crippen LogP contribution in [0.4, 0.5) is 4.20 Å². The first kappa shape index (κ1) is 16.3. The Labute approximate surface area is 85.3 Å². The number of unbranched alkanes of at least 4 members (excludes halogenated alkanes) is 5. The molecule has 0 heterocycles. The summed E-state index contributed by atoms with van der Waals surface area (Å²) in [7, 11) is -5.14. The summed E-state index contributed by atoms with van der Waals surface area (Å²) in [5.74, 6) is 0. The molecule has 5 heteroatoms. The molecule has 0 aliphatic heterocycles. The minimum absolute atomic E-state index is 1.20. The molecule has 0 atom stereocenters. The normalized spacial score (nSPS) is 10.3. The van der Waals surface area contributed by atoms with Crippen LogP contribution in [0.5, 0.6) is 0 Å². The van der Waals surface area contributed by atoms with Gasteiger partial charge in [-0.15, -0.1) is 10.8 Å². The van der Waals surface area contributed by atoms with Crippen molar-refractivity contribution in [1.82, 2.24) is 0 Å². The molecule has 0 saturated carbocycles. The Kier molecular flexibility index (Phi) is 12.7. The van der Waals surface area contributed by atoms with Crippen molar-refractivity contribution in [2.24, 2.45) is 0 Å².